The molecule has 3 N–H and O–H groups in total. The van der Waals surface area contributed by atoms with Crippen LogP contribution in [0.3, 0.4) is 0 Å². The third kappa shape index (κ3) is 15.2. The average Bonchev–Trinajstić information content (AvgIpc) is 3.75. The van der Waals surface area contributed by atoms with Crippen LogP contribution < -0.4 is 25.4 Å². The third-order valence-electron chi connectivity index (χ3n) is 8.47. The lowest BCUT2D eigenvalue weighted by Crippen LogP contribution is -2.76. The lowest BCUT2D eigenvalue weighted by atomic mass is 9.84. The highest BCUT2D eigenvalue weighted by Gasteiger charge is 2.57. The SMILES string of the molecule is C[n+]1cc(-c2ccc(OCC(O/N=C(\C(=O)N[C@@H]3C(=O)N(OS(=O)(=O)[O-])C3(C)C)c3csc(NC(=O)OC(C)(C)C)n3)C(=O)OC(C)(C)C)cc2)cn1CCCNC(=O)OC(C)(C)C. The van der Waals surface area contributed by atoms with Crippen LogP contribution in [0, 0.1) is 0 Å². The van der Waals surface area contributed by atoms with E-state index in [2.05, 4.69) is 30.4 Å². The maximum atomic E-state index is 13.9. The molecule has 3 aromatic rings. The van der Waals surface area contributed by atoms with Gasteiger partial charge in [0.1, 0.15) is 40.9 Å². The molecule has 1 aromatic carbocycles. The van der Waals surface area contributed by atoms with E-state index in [0.29, 0.717) is 30.3 Å². The number of carbonyl (C=O) groups is 5. The van der Waals surface area contributed by atoms with Gasteiger partial charge in [-0.2, -0.15) is 14.0 Å². The summed E-state index contributed by atoms with van der Waals surface area (Å²) in [6.45, 7) is 18.5. The maximum absolute atomic E-state index is 13.9. The monoisotopic (exact) mass is 936 g/mol. The molecule has 1 unspecified atom stereocenters. The van der Waals surface area contributed by atoms with Crippen molar-refractivity contribution < 1.29 is 69.7 Å². The van der Waals surface area contributed by atoms with E-state index in [0.717, 1.165) is 22.5 Å². The number of hydroxylamine groups is 2. The van der Waals surface area contributed by atoms with Crippen LogP contribution in [0.25, 0.3) is 11.1 Å². The van der Waals surface area contributed by atoms with E-state index in [-0.39, 0.29) is 10.8 Å². The molecule has 64 heavy (non-hydrogen) atoms. The number of benzene rings is 1. The van der Waals surface area contributed by atoms with E-state index in [1.54, 1.807) is 74.4 Å². The number of alkyl carbamates (subject to hydrolysis) is 1. The van der Waals surface area contributed by atoms with Gasteiger partial charge in [0.25, 0.3) is 17.9 Å². The second-order valence-corrected chi connectivity index (χ2v) is 19.8. The number of thiazole rings is 1. The Balaban J connectivity index is 1.53. The number of hydrogen-bond acceptors (Lipinski definition) is 17. The third-order valence-corrected chi connectivity index (χ3v) is 9.56. The Hall–Kier alpha value is -5.85. The van der Waals surface area contributed by atoms with Crippen molar-refractivity contribution in [2.24, 2.45) is 12.2 Å². The second kappa shape index (κ2) is 19.9. The van der Waals surface area contributed by atoms with Crippen molar-refractivity contribution in [3.63, 3.8) is 0 Å². The van der Waals surface area contributed by atoms with Crippen LogP contribution >= 0.6 is 11.3 Å². The molecule has 2 atom stereocenters. The fraction of sp³-hybridized carbons (Fsp3) is 0.550. The van der Waals surface area contributed by atoms with Crippen molar-refractivity contribution in [1.82, 2.24) is 25.4 Å². The Morgan fingerprint density at radius 2 is 1.56 bits per heavy atom. The Morgan fingerprint density at radius 1 is 0.953 bits per heavy atom. The highest BCUT2D eigenvalue weighted by atomic mass is 32.3. The summed E-state index contributed by atoms with van der Waals surface area (Å²) in [5.41, 5.74) is -2.94. The lowest BCUT2D eigenvalue weighted by Gasteiger charge is -2.51. The average molecular weight is 937 g/mol. The van der Waals surface area contributed by atoms with Crippen LogP contribution in [0.4, 0.5) is 14.7 Å². The van der Waals surface area contributed by atoms with E-state index < -0.39 is 87.2 Å². The van der Waals surface area contributed by atoms with Gasteiger partial charge in [0.15, 0.2) is 17.9 Å². The van der Waals surface area contributed by atoms with Crippen molar-refractivity contribution in [3.05, 3.63) is 47.7 Å². The first-order chi connectivity index (χ1) is 29.4. The van der Waals surface area contributed by atoms with Gasteiger partial charge in [0, 0.05) is 11.9 Å². The molecular weight excluding hydrogens is 881 g/mol. The minimum absolute atomic E-state index is 0.0154. The largest absolute Gasteiger partial charge is 0.724 e. The molecule has 352 valence electrons. The summed E-state index contributed by atoms with van der Waals surface area (Å²) in [6.07, 6.45) is 1.66. The summed E-state index contributed by atoms with van der Waals surface area (Å²) >= 11 is 0.886. The van der Waals surface area contributed by atoms with Crippen LogP contribution in [0.1, 0.15) is 88.3 Å². The van der Waals surface area contributed by atoms with E-state index in [1.165, 1.54) is 19.2 Å². The van der Waals surface area contributed by atoms with Gasteiger partial charge in [0.2, 0.25) is 16.6 Å². The predicted molar refractivity (Wildman–Crippen MR) is 228 cm³/mol. The number of rotatable bonds is 17. The number of hydrogen-bond donors (Lipinski definition) is 3. The zero-order chi connectivity index (χ0) is 48.0. The Labute approximate surface area is 375 Å². The van der Waals surface area contributed by atoms with Crippen molar-refractivity contribution in [2.45, 2.75) is 124 Å². The predicted octanol–water partition coefficient (Wildman–Crippen LogP) is 3.71. The normalized spacial score (nSPS) is 16.0. The van der Waals surface area contributed by atoms with Crippen LogP contribution in [-0.2, 0) is 61.7 Å². The first kappa shape index (κ1) is 50.8. The van der Waals surface area contributed by atoms with Gasteiger partial charge in [-0.3, -0.25) is 14.9 Å². The summed E-state index contributed by atoms with van der Waals surface area (Å²) in [5, 5.41) is 13.2. The van der Waals surface area contributed by atoms with Gasteiger partial charge >= 0.3 is 18.2 Å². The standard InChI is InChI=1S/C40H56N8O14S2/c1-37(2,3)58-33(51)28(22-57-26-16-14-24(15-17-26)25-20-46(12)47(21-25)19-13-18-41-35(52)59-38(4,5)6)61-45-29(27-23-63-34(42-27)44-36(53)60-39(7,8)9)31(49)43-30-32(50)48(40(30,10)11)62-64(54,55)56/h14-17,20-21,23,28,30H,13,18-19,22H2,1-12H3,(H3-,41,42,43,44,49,52,53,54,55,56)/b45-29-/t28?,30-/m1/s1. The van der Waals surface area contributed by atoms with Gasteiger partial charge in [0.05, 0.1) is 23.8 Å². The molecule has 1 aliphatic rings. The van der Waals surface area contributed by atoms with E-state index in [4.69, 9.17) is 23.8 Å². The number of aromatic nitrogens is 3. The number of aryl methyl sites for hydroxylation is 2. The highest BCUT2D eigenvalue weighted by Crippen LogP contribution is 2.33. The Kier molecular flexibility index (Phi) is 15.8. The van der Waals surface area contributed by atoms with Crippen LogP contribution in [0.5, 0.6) is 5.75 Å². The number of esters is 1. The fourth-order valence-corrected chi connectivity index (χ4v) is 6.80. The molecule has 0 bridgehead atoms. The number of β-lactam (4-membered cyclic amide) rings is 1. The summed E-state index contributed by atoms with van der Waals surface area (Å²) in [5.74, 6) is -2.71. The molecular formula is C40H56N8O14S2. The second-order valence-electron chi connectivity index (χ2n) is 18.0. The zero-order valence-corrected chi connectivity index (χ0v) is 39.4. The van der Waals surface area contributed by atoms with Gasteiger partial charge < -0.3 is 39.0 Å². The maximum Gasteiger partial charge on any atom is 0.413 e. The molecule has 3 heterocycles. The molecule has 1 aliphatic heterocycles. The number of amides is 4. The minimum atomic E-state index is -5.33. The Bertz CT molecular complexity index is 2320. The molecule has 4 rings (SSSR count). The van der Waals surface area contributed by atoms with Crippen molar-refractivity contribution in [1.29, 1.82) is 0 Å². The number of nitrogens with zero attached hydrogens (tertiary/aromatic N) is 5. The minimum Gasteiger partial charge on any atom is -0.724 e. The molecule has 22 nitrogen and oxygen atoms in total. The Morgan fingerprint density at radius 3 is 2.14 bits per heavy atom. The van der Waals surface area contributed by atoms with Crippen molar-refractivity contribution in [2.75, 3.05) is 18.5 Å². The topological polar surface area (TPSA) is 271 Å². The molecule has 1 saturated heterocycles. The number of carbonyl (C=O) groups excluding carboxylic acids is 5. The molecule has 0 spiro atoms. The molecule has 0 radical (unpaired) electrons. The van der Waals surface area contributed by atoms with Crippen molar-refractivity contribution in [3.8, 4) is 16.9 Å². The van der Waals surface area contributed by atoms with E-state index >= 15 is 0 Å². The fourth-order valence-electron chi connectivity index (χ4n) is 5.67. The summed E-state index contributed by atoms with van der Waals surface area (Å²) < 4.78 is 63.9. The smallest absolute Gasteiger partial charge is 0.413 e. The van der Waals surface area contributed by atoms with Crippen LogP contribution in [0.15, 0.2) is 47.2 Å². The van der Waals surface area contributed by atoms with E-state index in [1.807, 2.05) is 40.9 Å². The van der Waals surface area contributed by atoms with Gasteiger partial charge in [-0.1, -0.05) is 17.3 Å². The summed E-state index contributed by atoms with van der Waals surface area (Å²) in [7, 11) is -3.44. The molecule has 2 aromatic heterocycles. The number of anilines is 1. The zero-order valence-electron chi connectivity index (χ0n) is 37.8. The van der Waals surface area contributed by atoms with Crippen LogP contribution in [0.2, 0.25) is 0 Å². The molecule has 4 amide bonds. The lowest BCUT2D eigenvalue weighted by molar-refractivity contribution is -0.753. The molecule has 24 heteroatoms. The first-order valence-corrected chi connectivity index (χ1v) is 22.1. The molecule has 0 aliphatic carbocycles. The van der Waals surface area contributed by atoms with E-state index in [9.17, 15) is 36.9 Å². The van der Waals surface area contributed by atoms with Crippen molar-refractivity contribution >= 4 is 62.5 Å². The van der Waals surface area contributed by atoms with Gasteiger partial charge in [-0.15, -0.1) is 16.0 Å². The van der Waals surface area contributed by atoms with Gasteiger partial charge in [-0.25, -0.2) is 27.8 Å². The highest BCUT2D eigenvalue weighted by molar-refractivity contribution is 7.80. The van der Waals surface area contributed by atoms with Gasteiger partial charge in [-0.05, 0) is 100 Å². The summed E-state index contributed by atoms with van der Waals surface area (Å²) in [4.78, 5) is 74.5. The van der Waals surface area contributed by atoms with Crippen LogP contribution in [-0.4, -0.2) is 111 Å². The number of oxime groups is 1. The first-order valence-electron chi connectivity index (χ1n) is 19.9. The molecule has 0 saturated carbocycles. The quantitative estimate of drug-likeness (QED) is 0.0200. The number of nitrogens with one attached hydrogen (secondary N) is 3. The summed E-state index contributed by atoms with van der Waals surface area (Å²) in [6, 6.07) is 5.57. The molecule has 1 fully saturated rings. The number of ether oxygens (including phenoxy) is 4.